The van der Waals surface area contributed by atoms with Crippen LogP contribution in [0.5, 0.6) is 0 Å². The van der Waals surface area contributed by atoms with Crippen LogP contribution in [-0.4, -0.2) is 59.6 Å². The lowest BCUT2D eigenvalue weighted by atomic mass is 10.1. The van der Waals surface area contributed by atoms with Crippen molar-refractivity contribution in [3.63, 3.8) is 0 Å². The Morgan fingerprint density at radius 3 is 2.31 bits per heavy atom. The lowest BCUT2D eigenvalue weighted by molar-refractivity contribution is 0.240. The van der Waals surface area contributed by atoms with E-state index in [2.05, 4.69) is 24.8 Å². The molecule has 0 atom stereocenters. The van der Waals surface area contributed by atoms with Crippen molar-refractivity contribution in [3.05, 3.63) is 70.0 Å². The summed E-state index contributed by atoms with van der Waals surface area (Å²) >= 11 is 13.3. The van der Waals surface area contributed by atoms with Crippen molar-refractivity contribution in [3.8, 4) is 0 Å². The van der Waals surface area contributed by atoms with Crippen LogP contribution in [0.3, 0.4) is 0 Å². The fraction of sp³-hybridized carbons (Fsp3) is 0.318. The molecule has 0 spiro atoms. The van der Waals surface area contributed by atoms with Gasteiger partial charge in [0.1, 0.15) is 5.82 Å². The minimum absolute atomic E-state index is 0.215. The largest absolute Gasteiger partial charge is 0.344 e. The van der Waals surface area contributed by atoms with Gasteiger partial charge in [-0.3, -0.25) is 4.90 Å². The molecule has 0 saturated carbocycles. The Bertz CT molecular complexity index is 1020. The average molecular weight is 491 g/mol. The van der Waals surface area contributed by atoms with E-state index in [4.69, 9.17) is 28.2 Å². The topological polar surface area (TPSA) is 73.4 Å². The molecule has 1 fully saturated rings. The Kier molecular flexibility index (Phi) is 7.81. The van der Waals surface area contributed by atoms with Gasteiger partial charge in [0.25, 0.3) is 0 Å². The van der Waals surface area contributed by atoms with Crippen LogP contribution in [-0.2, 0) is 6.42 Å². The summed E-state index contributed by atoms with van der Waals surface area (Å²) in [6.07, 6.45) is 0.706. The number of aromatic nitrogens is 2. The average Bonchev–Trinajstić information content (AvgIpc) is 3.26. The quantitative estimate of drug-likeness (QED) is 0.513. The number of rotatable bonds is 7. The van der Waals surface area contributed by atoms with Crippen molar-refractivity contribution in [1.29, 1.82) is 0 Å². The van der Waals surface area contributed by atoms with Gasteiger partial charge in [0, 0.05) is 73.0 Å². The molecule has 2 amide bonds. The van der Waals surface area contributed by atoms with Gasteiger partial charge in [0.05, 0.1) is 0 Å². The fourth-order valence-corrected chi connectivity index (χ4v) is 4.42. The molecule has 2 heterocycles. The van der Waals surface area contributed by atoms with E-state index >= 15 is 0 Å². The van der Waals surface area contributed by atoms with Gasteiger partial charge in [-0.15, -0.1) is 0 Å². The van der Waals surface area contributed by atoms with Crippen LogP contribution in [0, 0.1) is 0 Å². The first-order valence-electron chi connectivity index (χ1n) is 10.4. The van der Waals surface area contributed by atoms with Crippen molar-refractivity contribution in [2.24, 2.45) is 0 Å². The molecule has 32 heavy (non-hydrogen) atoms. The van der Waals surface area contributed by atoms with Crippen LogP contribution in [0.15, 0.2) is 48.5 Å². The van der Waals surface area contributed by atoms with E-state index in [0.29, 0.717) is 23.7 Å². The standard InChI is InChI=1S/C22H24Cl2N6OS/c23-17-3-1-16(2-4-17)15-20-27-22(32-28-20)30-13-11-29(12-14-30)10-9-25-21(31)26-19-7-5-18(24)6-8-19/h1-8H,9-15H2,(H2,25,26,31). The lowest BCUT2D eigenvalue weighted by Crippen LogP contribution is -2.48. The lowest BCUT2D eigenvalue weighted by Gasteiger charge is -2.34. The monoisotopic (exact) mass is 490 g/mol. The number of piperazine rings is 1. The number of benzene rings is 2. The minimum Gasteiger partial charge on any atom is -0.344 e. The van der Waals surface area contributed by atoms with Crippen LogP contribution in [0.25, 0.3) is 0 Å². The predicted octanol–water partition coefficient (Wildman–Crippen LogP) is 4.38. The van der Waals surface area contributed by atoms with Gasteiger partial charge in [-0.1, -0.05) is 35.3 Å². The molecule has 1 aliphatic rings. The number of nitrogens with zero attached hydrogens (tertiary/aromatic N) is 4. The number of hydrogen-bond donors (Lipinski definition) is 2. The Balaban J connectivity index is 1.17. The summed E-state index contributed by atoms with van der Waals surface area (Å²) in [7, 11) is 0. The molecule has 1 aromatic heterocycles. The first kappa shape index (κ1) is 22.8. The summed E-state index contributed by atoms with van der Waals surface area (Å²) in [6, 6.07) is 14.6. The molecule has 0 aliphatic carbocycles. The molecule has 0 unspecified atom stereocenters. The third-order valence-electron chi connectivity index (χ3n) is 5.19. The van der Waals surface area contributed by atoms with Gasteiger partial charge in [-0.25, -0.2) is 9.78 Å². The number of carbonyl (C=O) groups is 1. The molecule has 168 valence electrons. The molecule has 7 nitrogen and oxygen atoms in total. The smallest absolute Gasteiger partial charge is 0.319 e. The molecular weight excluding hydrogens is 467 g/mol. The van der Waals surface area contributed by atoms with Crippen molar-refractivity contribution in [2.75, 3.05) is 49.5 Å². The van der Waals surface area contributed by atoms with E-state index in [-0.39, 0.29) is 6.03 Å². The first-order chi connectivity index (χ1) is 15.5. The van der Waals surface area contributed by atoms with Gasteiger partial charge in [-0.05, 0) is 42.0 Å². The van der Waals surface area contributed by atoms with Crippen LogP contribution in [0.4, 0.5) is 15.6 Å². The number of anilines is 2. The molecule has 2 N–H and O–H groups in total. The molecule has 2 aromatic carbocycles. The zero-order chi connectivity index (χ0) is 22.3. The van der Waals surface area contributed by atoms with Crippen molar-refractivity contribution >= 4 is 51.6 Å². The molecular formula is C22H24Cl2N6OS. The molecule has 10 heteroatoms. The van der Waals surface area contributed by atoms with E-state index in [1.807, 2.05) is 24.3 Å². The highest BCUT2D eigenvalue weighted by Crippen LogP contribution is 2.21. The van der Waals surface area contributed by atoms with Crippen LogP contribution >= 0.6 is 34.7 Å². The van der Waals surface area contributed by atoms with E-state index in [9.17, 15) is 4.79 Å². The number of nitrogens with one attached hydrogen (secondary N) is 2. The zero-order valence-corrected chi connectivity index (χ0v) is 19.8. The van der Waals surface area contributed by atoms with E-state index in [0.717, 1.165) is 54.3 Å². The van der Waals surface area contributed by atoms with Crippen molar-refractivity contribution < 1.29 is 4.79 Å². The maximum Gasteiger partial charge on any atom is 0.319 e. The summed E-state index contributed by atoms with van der Waals surface area (Å²) in [4.78, 5) is 21.4. The Morgan fingerprint density at radius 1 is 0.969 bits per heavy atom. The number of carbonyl (C=O) groups excluding carboxylic acids is 1. The molecule has 4 rings (SSSR count). The number of amides is 2. The summed E-state index contributed by atoms with van der Waals surface area (Å²) < 4.78 is 4.52. The van der Waals surface area contributed by atoms with Crippen LogP contribution < -0.4 is 15.5 Å². The minimum atomic E-state index is -0.215. The van der Waals surface area contributed by atoms with E-state index in [1.165, 1.54) is 11.5 Å². The highest BCUT2D eigenvalue weighted by atomic mass is 35.5. The predicted molar refractivity (Wildman–Crippen MR) is 131 cm³/mol. The summed E-state index contributed by atoms with van der Waals surface area (Å²) in [6.45, 7) is 5.03. The second kappa shape index (κ2) is 11.0. The summed E-state index contributed by atoms with van der Waals surface area (Å²) in [5.41, 5.74) is 1.86. The number of halogens is 2. The Labute approximate surface area is 201 Å². The third-order valence-corrected chi connectivity index (χ3v) is 6.51. The maximum absolute atomic E-state index is 12.0. The van der Waals surface area contributed by atoms with Crippen molar-refractivity contribution in [1.82, 2.24) is 19.6 Å². The normalized spacial score (nSPS) is 14.4. The second-order valence-electron chi connectivity index (χ2n) is 7.51. The molecule has 0 bridgehead atoms. The van der Waals surface area contributed by atoms with Gasteiger partial charge in [-0.2, -0.15) is 4.37 Å². The summed E-state index contributed by atoms with van der Waals surface area (Å²) in [5.74, 6) is 0.839. The number of hydrogen-bond acceptors (Lipinski definition) is 6. The van der Waals surface area contributed by atoms with Gasteiger partial charge in [0.15, 0.2) is 0 Å². The molecule has 3 aromatic rings. The Hall–Kier alpha value is -2.39. The van der Waals surface area contributed by atoms with Gasteiger partial charge >= 0.3 is 6.03 Å². The van der Waals surface area contributed by atoms with Crippen molar-refractivity contribution in [2.45, 2.75) is 6.42 Å². The molecule has 1 saturated heterocycles. The van der Waals surface area contributed by atoms with Gasteiger partial charge in [0.2, 0.25) is 5.13 Å². The first-order valence-corrected chi connectivity index (χ1v) is 11.9. The maximum atomic E-state index is 12.0. The van der Waals surface area contributed by atoms with E-state index < -0.39 is 0 Å². The fourth-order valence-electron chi connectivity index (χ4n) is 3.43. The third kappa shape index (κ3) is 6.56. The zero-order valence-electron chi connectivity index (χ0n) is 17.4. The SMILES string of the molecule is O=C(NCCN1CCN(c2nc(Cc3ccc(Cl)cc3)ns2)CC1)Nc1ccc(Cl)cc1. The highest BCUT2D eigenvalue weighted by molar-refractivity contribution is 7.09. The van der Waals surface area contributed by atoms with Crippen LogP contribution in [0.1, 0.15) is 11.4 Å². The number of urea groups is 1. The molecule has 0 radical (unpaired) electrons. The van der Waals surface area contributed by atoms with E-state index in [1.54, 1.807) is 24.3 Å². The summed E-state index contributed by atoms with van der Waals surface area (Å²) in [5, 5.41) is 8.04. The van der Waals surface area contributed by atoms with Gasteiger partial charge < -0.3 is 15.5 Å². The Morgan fingerprint density at radius 2 is 1.62 bits per heavy atom. The van der Waals surface area contributed by atoms with Crippen LogP contribution in [0.2, 0.25) is 10.0 Å². The second-order valence-corrected chi connectivity index (χ2v) is 9.12. The molecule has 1 aliphatic heterocycles. The highest BCUT2D eigenvalue weighted by Gasteiger charge is 2.20.